The summed E-state index contributed by atoms with van der Waals surface area (Å²) < 4.78 is 0. The molecule has 1 aliphatic heterocycles. The van der Waals surface area contributed by atoms with Crippen LogP contribution < -0.4 is 4.90 Å². The molecular formula is C15H24N4O. The van der Waals surface area contributed by atoms with Crippen LogP contribution in [-0.4, -0.2) is 47.0 Å². The fraction of sp³-hybridized carbons (Fsp3) is 0.667. The Bertz CT molecular complexity index is 473. The fourth-order valence-corrected chi connectivity index (χ4v) is 2.45. The van der Waals surface area contributed by atoms with E-state index in [4.69, 9.17) is 0 Å². The molecule has 0 aliphatic carbocycles. The van der Waals surface area contributed by atoms with Gasteiger partial charge in [-0.1, -0.05) is 20.8 Å². The highest BCUT2D eigenvalue weighted by Crippen LogP contribution is 2.21. The van der Waals surface area contributed by atoms with Crippen LogP contribution in [0.15, 0.2) is 12.4 Å². The number of anilines is 1. The Morgan fingerprint density at radius 2 is 1.85 bits per heavy atom. The van der Waals surface area contributed by atoms with E-state index in [1.807, 2.05) is 4.90 Å². The van der Waals surface area contributed by atoms with Crippen LogP contribution in [0.4, 0.5) is 5.82 Å². The quantitative estimate of drug-likeness (QED) is 0.825. The van der Waals surface area contributed by atoms with E-state index < -0.39 is 0 Å². The Hall–Kier alpha value is -1.65. The molecule has 0 N–H and O–H groups in total. The lowest BCUT2D eigenvalue weighted by atomic mass is 9.90. The number of hydrogen-bond donors (Lipinski definition) is 0. The lowest BCUT2D eigenvalue weighted by Gasteiger charge is -2.35. The molecule has 20 heavy (non-hydrogen) atoms. The Morgan fingerprint density at radius 1 is 1.20 bits per heavy atom. The van der Waals surface area contributed by atoms with Crippen molar-refractivity contribution >= 4 is 11.7 Å². The Balaban J connectivity index is 2.03. The molecule has 1 aliphatic rings. The van der Waals surface area contributed by atoms with Gasteiger partial charge in [0, 0.05) is 44.9 Å². The molecule has 0 saturated carbocycles. The summed E-state index contributed by atoms with van der Waals surface area (Å²) >= 11 is 0. The van der Waals surface area contributed by atoms with Crippen molar-refractivity contribution in [1.29, 1.82) is 0 Å². The molecule has 0 atom stereocenters. The number of hydrogen-bond acceptors (Lipinski definition) is 4. The number of carbonyl (C=O) groups is 1. The highest BCUT2D eigenvalue weighted by Gasteiger charge is 2.20. The van der Waals surface area contributed by atoms with Crippen molar-refractivity contribution in [3.8, 4) is 0 Å². The first kappa shape index (κ1) is 14.8. The second kappa shape index (κ2) is 5.77. The van der Waals surface area contributed by atoms with Gasteiger partial charge < -0.3 is 9.80 Å². The third-order valence-corrected chi connectivity index (χ3v) is 3.47. The van der Waals surface area contributed by atoms with Crippen molar-refractivity contribution in [1.82, 2.24) is 14.9 Å². The molecule has 110 valence electrons. The predicted molar refractivity (Wildman–Crippen MR) is 79.7 cm³/mol. The summed E-state index contributed by atoms with van der Waals surface area (Å²) in [6, 6.07) is 2.08. The average Bonchev–Trinajstić information content (AvgIpc) is 2.37. The maximum absolute atomic E-state index is 11.3. The number of carbonyl (C=O) groups excluding carboxylic acids is 1. The van der Waals surface area contributed by atoms with Gasteiger partial charge in [-0.2, -0.15) is 0 Å². The van der Waals surface area contributed by atoms with Gasteiger partial charge in [0.15, 0.2) is 0 Å². The average molecular weight is 276 g/mol. The van der Waals surface area contributed by atoms with Gasteiger partial charge in [-0.05, 0) is 11.8 Å². The van der Waals surface area contributed by atoms with Gasteiger partial charge in [0.05, 0.1) is 0 Å². The Labute approximate surface area is 121 Å². The maximum Gasteiger partial charge on any atom is 0.219 e. The minimum absolute atomic E-state index is 0.153. The summed E-state index contributed by atoms with van der Waals surface area (Å²) in [5.41, 5.74) is 1.30. The summed E-state index contributed by atoms with van der Waals surface area (Å²) in [6.07, 6.45) is 2.59. The summed E-state index contributed by atoms with van der Waals surface area (Å²) in [5, 5.41) is 0. The fourth-order valence-electron chi connectivity index (χ4n) is 2.45. The monoisotopic (exact) mass is 276 g/mol. The maximum atomic E-state index is 11.3. The Morgan fingerprint density at radius 3 is 2.40 bits per heavy atom. The largest absolute Gasteiger partial charge is 0.353 e. The highest BCUT2D eigenvalue weighted by molar-refractivity contribution is 5.73. The number of nitrogens with zero attached hydrogens (tertiary/aromatic N) is 4. The molecule has 2 heterocycles. The topological polar surface area (TPSA) is 49.3 Å². The zero-order chi connectivity index (χ0) is 14.8. The molecular weight excluding hydrogens is 252 g/mol. The summed E-state index contributed by atoms with van der Waals surface area (Å²) in [5.74, 6) is 1.13. The number of aromatic nitrogens is 2. The molecule has 0 aromatic carbocycles. The normalized spacial score (nSPS) is 16.4. The van der Waals surface area contributed by atoms with E-state index in [0.717, 1.165) is 44.1 Å². The van der Waals surface area contributed by atoms with E-state index in [0.29, 0.717) is 0 Å². The highest BCUT2D eigenvalue weighted by atomic mass is 16.2. The van der Waals surface area contributed by atoms with Gasteiger partial charge in [0.25, 0.3) is 0 Å². The third-order valence-electron chi connectivity index (χ3n) is 3.47. The first-order valence-corrected chi connectivity index (χ1v) is 7.16. The molecule has 0 unspecified atom stereocenters. The van der Waals surface area contributed by atoms with Crippen molar-refractivity contribution in [2.24, 2.45) is 5.41 Å². The van der Waals surface area contributed by atoms with E-state index in [2.05, 4.69) is 41.7 Å². The van der Waals surface area contributed by atoms with Crippen molar-refractivity contribution in [3.05, 3.63) is 18.1 Å². The van der Waals surface area contributed by atoms with Gasteiger partial charge in [-0.25, -0.2) is 9.97 Å². The molecule has 0 radical (unpaired) electrons. The molecule has 2 rings (SSSR count). The van der Waals surface area contributed by atoms with Crippen LogP contribution in [0.1, 0.15) is 33.4 Å². The number of amides is 1. The van der Waals surface area contributed by atoms with Crippen LogP contribution in [0.2, 0.25) is 0 Å². The molecule has 1 aromatic rings. The number of piperazine rings is 1. The lowest BCUT2D eigenvalue weighted by Crippen LogP contribution is -2.48. The smallest absolute Gasteiger partial charge is 0.219 e. The van der Waals surface area contributed by atoms with E-state index in [-0.39, 0.29) is 11.3 Å². The van der Waals surface area contributed by atoms with Gasteiger partial charge in [-0.15, -0.1) is 0 Å². The number of rotatable bonds is 2. The van der Waals surface area contributed by atoms with Crippen LogP contribution in [-0.2, 0) is 11.2 Å². The van der Waals surface area contributed by atoms with Gasteiger partial charge in [-0.3, -0.25) is 4.79 Å². The minimum atomic E-state index is 0.153. The predicted octanol–water partition coefficient (Wildman–Crippen LogP) is 1.73. The van der Waals surface area contributed by atoms with Crippen molar-refractivity contribution in [2.45, 2.75) is 34.1 Å². The van der Waals surface area contributed by atoms with Crippen LogP contribution in [0.5, 0.6) is 0 Å². The van der Waals surface area contributed by atoms with Crippen LogP contribution in [0.3, 0.4) is 0 Å². The van der Waals surface area contributed by atoms with E-state index in [1.54, 1.807) is 13.3 Å². The van der Waals surface area contributed by atoms with E-state index in [9.17, 15) is 4.79 Å². The van der Waals surface area contributed by atoms with Gasteiger partial charge >= 0.3 is 0 Å². The summed E-state index contributed by atoms with van der Waals surface area (Å²) in [4.78, 5) is 24.2. The standard InChI is InChI=1S/C15H24N4O/c1-12(20)18-5-7-19(8-6-18)14-9-13(16-11-17-14)10-15(2,3)4/h9,11H,5-8,10H2,1-4H3. The zero-order valence-electron chi connectivity index (χ0n) is 12.9. The molecule has 5 nitrogen and oxygen atoms in total. The van der Waals surface area contributed by atoms with Crippen LogP contribution in [0.25, 0.3) is 0 Å². The lowest BCUT2D eigenvalue weighted by molar-refractivity contribution is -0.129. The Kier molecular flexibility index (Phi) is 4.26. The first-order chi connectivity index (χ1) is 9.35. The SMILES string of the molecule is CC(=O)N1CCN(c2cc(CC(C)(C)C)ncn2)CC1. The molecule has 1 fully saturated rings. The van der Waals surface area contributed by atoms with E-state index >= 15 is 0 Å². The summed E-state index contributed by atoms with van der Waals surface area (Å²) in [6.45, 7) is 11.5. The van der Waals surface area contributed by atoms with Gasteiger partial charge in [0.2, 0.25) is 5.91 Å². The van der Waals surface area contributed by atoms with E-state index in [1.165, 1.54) is 0 Å². The molecule has 0 spiro atoms. The molecule has 1 amide bonds. The second-order valence-corrected chi connectivity index (χ2v) is 6.60. The minimum Gasteiger partial charge on any atom is -0.353 e. The molecule has 1 aromatic heterocycles. The van der Waals surface area contributed by atoms with Crippen molar-refractivity contribution < 1.29 is 4.79 Å². The second-order valence-electron chi connectivity index (χ2n) is 6.60. The summed E-state index contributed by atoms with van der Waals surface area (Å²) in [7, 11) is 0. The van der Waals surface area contributed by atoms with Crippen molar-refractivity contribution in [2.75, 3.05) is 31.1 Å². The zero-order valence-corrected chi connectivity index (χ0v) is 12.9. The molecule has 1 saturated heterocycles. The van der Waals surface area contributed by atoms with Crippen molar-refractivity contribution in [3.63, 3.8) is 0 Å². The first-order valence-electron chi connectivity index (χ1n) is 7.16. The molecule has 5 heteroatoms. The van der Waals surface area contributed by atoms with Crippen LogP contribution >= 0.6 is 0 Å². The molecule has 0 bridgehead atoms. The van der Waals surface area contributed by atoms with Gasteiger partial charge in [0.1, 0.15) is 12.1 Å². The van der Waals surface area contributed by atoms with Crippen LogP contribution in [0, 0.1) is 5.41 Å². The third kappa shape index (κ3) is 3.92.